The van der Waals surface area contributed by atoms with Crippen molar-refractivity contribution in [3.63, 3.8) is 0 Å². The average Bonchev–Trinajstić information content (AvgIpc) is 3.26. The maximum Gasteiger partial charge on any atom is 0.407 e. The summed E-state index contributed by atoms with van der Waals surface area (Å²) >= 11 is 0. The van der Waals surface area contributed by atoms with Crippen molar-refractivity contribution < 1.29 is 19.1 Å². The summed E-state index contributed by atoms with van der Waals surface area (Å²) in [5.74, 6) is 0.0559. The number of carbonyl (C=O) groups is 2. The van der Waals surface area contributed by atoms with E-state index in [9.17, 15) is 9.59 Å². The van der Waals surface area contributed by atoms with Gasteiger partial charge in [-0.15, -0.1) is 7.92 Å². The van der Waals surface area contributed by atoms with Crippen LogP contribution in [-0.4, -0.2) is 56.6 Å². The molecule has 3 N–H and O–H groups in total. The van der Waals surface area contributed by atoms with Crippen LogP contribution in [0.3, 0.4) is 0 Å². The van der Waals surface area contributed by atoms with E-state index in [1.165, 1.54) is 0 Å². The number of amides is 1. The molecule has 0 aromatic heterocycles. The van der Waals surface area contributed by atoms with Crippen LogP contribution in [0.4, 0.5) is 4.79 Å². The first-order chi connectivity index (χ1) is 18.9. The van der Waals surface area contributed by atoms with Gasteiger partial charge < -0.3 is 20.5 Å². The minimum absolute atomic E-state index is 0.0634. The minimum Gasteiger partial charge on any atom is -0.459 e. The molecule has 1 aliphatic carbocycles. The number of nitrogens with two attached hydrogens (primary N) is 1. The van der Waals surface area contributed by atoms with E-state index >= 15 is 0 Å². The van der Waals surface area contributed by atoms with Gasteiger partial charge in [0, 0.05) is 18.6 Å². The maximum absolute atomic E-state index is 13.0. The number of ether oxygens (including phenoxy) is 2. The number of benzene rings is 3. The fourth-order valence-corrected chi connectivity index (χ4v) is 5.50. The van der Waals surface area contributed by atoms with Crippen LogP contribution < -0.4 is 11.1 Å². The van der Waals surface area contributed by atoms with Crippen molar-refractivity contribution in [3.8, 4) is 11.1 Å². The Balaban J connectivity index is 1.37. The first-order valence-corrected chi connectivity index (χ1v) is 15.6. The maximum atomic E-state index is 13.0. The summed E-state index contributed by atoms with van der Waals surface area (Å²) in [6, 6.07) is 24.9. The number of fused-ring (bicyclic) bond motifs is 3. The molecule has 7 nitrogen and oxygen atoms in total. The van der Waals surface area contributed by atoms with Gasteiger partial charge in [0.1, 0.15) is 19.3 Å². The summed E-state index contributed by atoms with van der Waals surface area (Å²) in [6.45, 7) is 5.07. The van der Waals surface area contributed by atoms with Crippen LogP contribution in [0.5, 0.6) is 0 Å². The number of hydrogen-bond acceptors (Lipinski definition) is 5. The standard InChI is InChI=1S/C31H36N3O4P/c1-39(2)21-29(32)33-18-10-17-28(30(35)37-19-22-11-4-3-5-12-22)34-31(36)38-20-27-25-15-8-6-13-23(25)24-14-7-9-16-26(24)27/h3-9,11-16,27-28H,10,17-21H2,1-2H3,(H2,32,33)(H,34,36)/t28-/m1/s1. The van der Waals surface area contributed by atoms with Crippen LogP contribution in [0, 0.1) is 0 Å². The second kappa shape index (κ2) is 13.9. The largest absolute Gasteiger partial charge is 0.459 e. The van der Waals surface area contributed by atoms with E-state index in [1.54, 1.807) is 0 Å². The third-order valence-electron chi connectivity index (χ3n) is 6.59. The number of nitrogens with zero attached hydrogens (tertiary/aromatic N) is 1. The Morgan fingerprint density at radius 3 is 2.18 bits per heavy atom. The molecule has 1 amide bonds. The van der Waals surface area contributed by atoms with Gasteiger partial charge in [0.2, 0.25) is 0 Å². The van der Waals surface area contributed by atoms with Crippen molar-refractivity contribution >= 4 is 25.8 Å². The highest BCUT2D eigenvalue weighted by Crippen LogP contribution is 2.44. The van der Waals surface area contributed by atoms with Crippen LogP contribution in [0.2, 0.25) is 0 Å². The summed E-state index contributed by atoms with van der Waals surface area (Å²) in [5, 5.41) is 2.73. The van der Waals surface area contributed by atoms with E-state index < -0.39 is 18.1 Å². The SMILES string of the molecule is CP(C)CC(N)=NCCC[C@@H](NC(=O)OCC1c2ccccc2-c2ccccc21)C(=O)OCc1ccccc1. The highest BCUT2D eigenvalue weighted by molar-refractivity contribution is 7.57. The normalized spacial score (nSPS) is 13.5. The molecule has 3 aromatic carbocycles. The van der Waals surface area contributed by atoms with E-state index in [2.05, 4.69) is 47.9 Å². The Hall–Kier alpha value is -3.70. The highest BCUT2D eigenvalue weighted by atomic mass is 31.1. The predicted molar refractivity (Wildman–Crippen MR) is 158 cm³/mol. The van der Waals surface area contributed by atoms with Gasteiger partial charge in [-0.1, -0.05) is 78.9 Å². The summed E-state index contributed by atoms with van der Waals surface area (Å²) in [5.41, 5.74) is 11.4. The zero-order chi connectivity index (χ0) is 27.6. The Bertz CT molecular complexity index is 1250. The lowest BCUT2D eigenvalue weighted by Crippen LogP contribution is -2.42. The number of alkyl carbamates (subject to hydrolysis) is 1. The molecule has 0 fully saturated rings. The van der Waals surface area contributed by atoms with Gasteiger partial charge >= 0.3 is 12.1 Å². The van der Waals surface area contributed by atoms with E-state index in [1.807, 2.05) is 54.6 Å². The van der Waals surface area contributed by atoms with Crippen molar-refractivity contribution in [2.24, 2.45) is 10.7 Å². The van der Waals surface area contributed by atoms with E-state index in [0.717, 1.165) is 34.0 Å². The molecule has 4 rings (SSSR count). The van der Waals surface area contributed by atoms with Gasteiger partial charge in [-0.3, -0.25) is 4.99 Å². The highest BCUT2D eigenvalue weighted by Gasteiger charge is 2.30. The molecule has 1 atom stereocenters. The second-order valence-corrected chi connectivity index (χ2v) is 12.3. The molecule has 0 spiro atoms. The van der Waals surface area contributed by atoms with Crippen molar-refractivity contribution in [2.75, 3.05) is 32.6 Å². The Morgan fingerprint density at radius 1 is 0.923 bits per heavy atom. The number of esters is 1. The quantitative estimate of drug-likeness (QED) is 0.103. The van der Waals surface area contributed by atoms with Crippen molar-refractivity contribution in [1.82, 2.24) is 5.32 Å². The third kappa shape index (κ3) is 7.90. The summed E-state index contributed by atoms with van der Waals surface area (Å²) in [6.07, 6.45) is 1.07. The van der Waals surface area contributed by atoms with Crippen LogP contribution in [-0.2, 0) is 20.9 Å². The average molecular weight is 546 g/mol. The predicted octanol–water partition coefficient (Wildman–Crippen LogP) is 5.52. The summed E-state index contributed by atoms with van der Waals surface area (Å²) < 4.78 is 11.2. The number of carbonyl (C=O) groups excluding carboxylic acids is 2. The first-order valence-electron chi connectivity index (χ1n) is 13.2. The van der Waals surface area contributed by atoms with Gasteiger partial charge in [0.05, 0.1) is 5.84 Å². The molecular formula is C31H36N3O4P. The number of nitrogens with one attached hydrogen (secondary N) is 1. The summed E-state index contributed by atoms with van der Waals surface area (Å²) in [7, 11) is -0.167. The fraction of sp³-hybridized carbons (Fsp3) is 0.323. The van der Waals surface area contributed by atoms with Gasteiger partial charge in [-0.25, -0.2) is 9.59 Å². The molecular weight excluding hydrogens is 509 g/mol. The molecule has 0 saturated heterocycles. The van der Waals surface area contributed by atoms with Crippen LogP contribution in [0.15, 0.2) is 83.9 Å². The van der Waals surface area contributed by atoms with E-state index in [-0.39, 0.29) is 27.1 Å². The number of amidine groups is 1. The Kier molecular flexibility index (Phi) is 10.1. The second-order valence-electron chi connectivity index (χ2n) is 9.87. The smallest absolute Gasteiger partial charge is 0.407 e. The number of aliphatic imine (C=N–C) groups is 1. The molecule has 0 unspecified atom stereocenters. The topological polar surface area (TPSA) is 103 Å². The molecule has 8 heteroatoms. The number of rotatable bonds is 12. The molecule has 39 heavy (non-hydrogen) atoms. The zero-order valence-corrected chi connectivity index (χ0v) is 23.4. The molecule has 0 saturated carbocycles. The minimum atomic E-state index is -0.852. The Labute approximate surface area is 231 Å². The monoisotopic (exact) mass is 545 g/mol. The lowest BCUT2D eigenvalue weighted by atomic mass is 9.98. The van der Waals surface area contributed by atoms with Crippen molar-refractivity contribution in [3.05, 3.63) is 95.6 Å². The Morgan fingerprint density at radius 2 is 1.54 bits per heavy atom. The van der Waals surface area contributed by atoms with Gasteiger partial charge in [-0.2, -0.15) is 0 Å². The summed E-state index contributed by atoms with van der Waals surface area (Å²) in [4.78, 5) is 30.3. The molecule has 0 aliphatic heterocycles. The van der Waals surface area contributed by atoms with Gasteiger partial charge in [0.25, 0.3) is 0 Å². The molecule has 204 valence electrons. The molecule has 3 aromatic rings. The van der Waals surface area contributed by atoms with Crippen LogP contribution >= 0.6 is 7.92 Å². The first kappa shape index (κ1) is 28.3. The number of hydrogen-bond donors (Lipinski definition) is 2. The van der Waals surface area contributed by atoms with Crippen molar-refractivity contribution in [2.45, 2.75) is 31.4 Å². The molecule has 0 bridgehead atoms. The zero-order valence-electron chi connectivity index (χ0n) is 22.5. The van der Waals surface area contributed by atoms with E-state index in [0.29, 0.717) is 25.2 Å². The van der Waals surface area contributed by atoms with Crippen LogP contribution in [0.1, 0.15) is 35.4 Å². The van der Waals surface area contributed by atoms with Crippen LogP contribution in [0.25, 0.3) is 11.1 Å². The third-order valence-corrected chi connectivity index (χ3v) is 7.54. The molecule has 1 aliphatic rings. The molecule has 0 heterocycles. The lowest BCUT2D eigenvalue weighted by molar-refractivity contribution is -0.147. The lowest BCUT2D eigenvalue weighted by Gasteiger charge is -2.19. The van der Waals surface area contributed by atoms with Gasteiger partial charge in [0.15, 0.2) is 0 Å². The molecule has 0 radical (unpaired) electrons. The van der Waals surface area contributed by atoms with Gasteiger partial charge in [-0.05, 0) is 54.0 Å². The van der Waals surface area contributed by atoms with Crippen molar-refractivity contribution in [1.29, 1.82) is 0 Å². The van der Waals surface area contributed by atoms with E-state index in [4.69, 9.17) is 15.2 Å². The fourth-order valence-electron chi connectivity index (χ4n) is 4.75.